The van der Waals surface area contributed by atoms with Gasteiger partial charge in [0, 0.05) is 39.3 Å². The van der Waals surface area contributed by atoms with Gasteiger partial charge in [0.2, 0.25) is 0 Å². The highest BCUT2D eigenvalue weighted by molar-refractivity contribution is 5.76. The van der Waals surface area contributed by atoms with E-state index >= 15 is 0 Å². The highest BCUT2D eigenvalue weighted by Gasteiger charge is 2.20. The lowest BCUT2D eigenvalue weighted by Gasteiger charge is -2.31. The number of hydrogen-bond acceptors (Lipinski definition) is 5. The third-order valence-corrected chi connectivity index (χ3v) is 6.57. The van der Waals surface area contributed by atoms with Crippen LogP contribution >= 0.6 is 0 Å². The van der Waals surface area contributed by atoms with E-state index in [1.807, 2.05) is 0 Å². The lowest BCUT2D eigenvalue weighted by atomic mass is 10.1. The monoisotopic (exact) mass is 540 g/mol. The standard InChI is InChI=1S/C27H60N10O/c28-17-9-1-5-13-21-36(23-15-7-3-11-19-34-25(30)31)27(38)37(22-14-6-2-10-18-29)24-16-8-4-12-20-35-26(32)33/h1-24,28-29H2,(H4,30,31,34)(H4,32,33,35). The minimum atomic E-state index is 0.147. The van der Waals surface area contributed by atoms with Gasteiger partial charge in [0.15, 0.2) is 11.9 Å². The Morgan fingerprint density at radius 1 is 0.447 bits per heavy atom. The number of hydrogen-bond donors (Lipinski definition) is 6. The fraction of sp³-hybridized carbons (Fsp3) is 0.889. The molecule has 0 heterocycles. The summed E-state index contributed by atoms with van der Waals surface area (Å²) in [5, 5.41) is 0. The smallest absolute Gasteiger partial charge is 0.319 e. The molecule has 12 N–H and O–H groups in total. The van der Waals surface area contributed by atoms with Gasteiger partial charge in [0.25, 0.3) is 0 Å². The lowest BCUT2D eigenvalue weighted by molar-refractivity contribution is 0.148. The van der Waals surface area contributed by atoms with Crippen molar-refractivity contribution in [1.29, 1.82) is 0 Å². The van der Waals surface area contributed by atoms with Crippen LogP contribution in [0, 0.1) is 0 Å². The maximum atomic E-state index is 13.7. The summed E-state index contributed by atoms with van der Waals surface area (Å²) in [6, 6.07) is 0.184. The minimum Gasteiger partial charge on any atom is -0.370 e. The van der Waals surface area contributed by atoms with Crippen LogP contribution in [0.15, 0.2) is 9.98 Å². The third-order valence-electron chi connectivity index (χ3n) is 6.57. The maximum Gasteiger partial charge on any atom is 0.319 e. The van der Waals surface area contributed by atoms with Crippen LogP contribution in [-0.4, -0.2) is 80.1 Å². The zero-order chi connectivity index (χ0) is 28.3. The first kappa shape index (κ1) is 35.7. The van der Waals surface area contributed by atoms with Crippen molar-refractivity contribution >= 4 is 18.0 Å². The molecule has 0 aliphatic heterocycles. The van der Waals surface area contributed by atoms with E-state index in [9.17, 15) is 4.79 Å². The number of carbonyl (C=O) groups excluding carboxylic acids is 1. The molecule has 0 rings (SSSR count). The summed E-state index contributed by atoms with van der Waals surface area (Å²) in [6.07, 6.45) is 16.7. The number of carbonyl (C=O) groups is 1. The Morgan fingerprint density at radius 2 is 0.737 bits per heavy atom. The summed E-state index contributed by atoms with van der Waals surface area (Å²) < 4.78 is 0. The van der Waals surface area contributed by atoms with Crippen molar-refractivity contribution in [2.24, 2.45) is 44.4 Å². The molecule has 0 aliphatic carbocycles. The van der Waals surface area contributed by atoms with Crippen LogP contribution in [0.2, 0.25) is 0 Å². The highest BCUT2D eigenvalue weighted by atomic mass is 16.2. The van der Waals surface area contributed by atoms with Gasteiger partial charge in [0.1, 0.15) is 0 Å². The van der Waals surface area contributed by atoms with Gasteiger partial charge in [-0.25, -0.2) is 4.79 Å². The molecule has 0 atom stereocenters. The van der Waals surface area contributed by atoms with Crippen molar-refractivity contribution in [2.45, 2.75) is 103 Å². The topological polar surface area (TPSA) is 204 Å². The van der Waals surface area contributed by atoms with Crippen molar-refractivity contribution in [3.8, 4) is 0 Å². The van der Waals surface area contributed by atoms with E-state index in [0.29, 0.717) is 13.1 Å². The average Bonchev–Trinajstić information content (AvgIpc) is 2.88. The maximum absolute atomic E-state index is 13.7. The largest absolute Gasteiger partial charge is 0.370 e. The van der Waals surface area contributed by atoms with Gasteiger partial charge >= 0.3 is 6.03 Å². The van der Waals surface area contributed by atoms with Crippen molar-refractivity contribution in [1.82, 2.24) is 9.80 Å². The molecule has 0 aromatic carbocycles. The molecule has 11 heteroatoms. The number of nitrogens with two attached hydrogens (primary N) is 6. The van der Waals surface area contributed by atoms with Crippen molar-refractivity contribution < 1.29 is 4.79 Å². The van der Waals surface area contributed by atoms with Crippen LogP contribution in [0.5, 0.6) is 0 Å². The second-order valence-electron chi connectivity index (χ2n) is 10.1. The molecule has 0 unspecified atom stereocenters. The van der Waals surface area contributed by atoms with E-state index in [1.165, 1.54) is 0 Å². The Morgan fingerprint density at radius 3 is 1.03 bits per heavy atom. The second kappa shape index (κ2) is 26.3. The Hall–Kier alpha value is -2.27. The lowest BCUT2D eigenvalue weighted by Crippen LogP contribution is -2.45. The fourth-order valence-corrected chi connectivity index (χ4v) is 4.36. The molecule has 0 bridgehead atoms. The van der Waals surface area contributed by atoms with E-state index in [2.05, 4.69) is 19.8 Å². The normalized spacial score (nSPS) is 10.8. The predicted octanol–water partition coefficient (Wildman–Crippen LogP) is 2.42. The van der Waals surface area contributed by atoms with Crippen LogP contribution in [-0.2, 0) is 0 Å². The van der Waals surface area contributed by atoms with Gasteiger partial charge in [-0.2, -0.15) is 0 Å². The Labute approximate surface area is 232 Å². The Balaban J connectivity index is 4.88. The van der Waals surface area contributed by atoms with E-state index in [0.717, 1.165) is 142 Å². The first-order chi connectivity index (χ1) is 18.4. The van der Waals surface area contributed by atoms with E-state index < -0.39 is 0 Å². The van der Waals surface area contributed by atoms with Crippen molar-refractivity contribution in [3.05, 3.63) is 0 Å². The van der Waals surface area contributed by atoms with E-state index in [4.69, 9.17) is 34.4 Å². The summed E-state index contributed by atoms with van der Waals surface area (Å²) in [5.74, 6) is 0.293. The van der Waals surface area contributed by atoms with Gasteiger partial charge in [-0.15, -0.1) is 0 Å². The first-order valence-electron chi connectivity index (χ1n) is 15.0. The quantitative estimate of drug-likeness (QED) is 0.0548. The molecule has 0 fully saturated rings. The van der Waals surface area contributed by atoms with Gasteiger partial charge in [-0.05, 0) is 64.5 Å². The van der Waals surface area contributed by atoms with Crippen LogP contribution in [0.3, 0.4) is 0 Å². The van der Waals surface area contributed by atoms with Gasteiger partial charge in [0.05, 0.1) is 0 Å². The average molecular weight is 541 g/mol. The number of nitrogens with zero attached hydrogens (tertiary/aromatic N) is 4. The molecule has 0 aliphatic rings. The number of unbranched alkanes of at least 4 members (excludes halogenated alkanes) is 12. The van der Waals surface area contributed by atoms with Crippen LogP contribution < -0.4 is 34.4 Å². The van der Waals surface area contributed by atoms with Crippen LogP contribution in [0.4, 0.5) is 4.79 Å². The van der Waals surface area contributed by atoms with Crippen LogP contribution in [0.25, 0.3) is 0 Å². The van der Waals surface area contributed by atoms with Crippen molar-refractivity contribution in [3.63, 3.8) is 0 Å². The number of rotatable bonds is 26. The zero-order valence-electron chi connectivity index (χ0n) is 24.1. The number of urea groups is 1. The molecule has 224 valence electrons. The molecule has 0 saturated heterocycles. The van der Waals surface area contributed by atoms with Gasteiger partial charge in [-0.3, -0.25) is 9.98 Å². The minimum absolute atomic E-state index is 0.147. The molecule has 38 heavy (non-hydrogen) atoms. The summed E-state index contributed by atoms with van der Waals surface area (Å²) in [5.41, 5.74) is 32.9. The number of aliphatic imine (C=N–C) groups is 2. The Kier molecular flexibility index (Phi) is 24.8. The van der Waals surface area contributed by atoms with Crippen molar-refractivity contribution in [2.75, 3.05) is 52.4 Å². The summed E-state index contributed by atoms with van der Waals surface area (Å²) in [7, 11) is 0. The molecule has 0 aromatic rings. The summed E-state index contributed by atoms with van der Waals surface area (Å²) in [6.45, 7) is 5.98. The SMILES string of the molecule is NCCCCCCN(CCCCCCN=C(N)N)C(=O)N(CCCCCCN)CCCCCCN=C(N)N. The molecule has 11 nitrogen and oxygen atoms in total. The predicted molar refractivity (Wildman–Crippen MR) is 162 cm³/mol. The third kappa shape index (κ3) is 22.9. The Bertz CT molecular complexity index is 557. The highest BCUT2D eigenvalue weighted by Crippen LogP contribution is 2.12. The van der Waals surface area contributed by atoms with E-state index in [1.54, 1.807) is 0 Å². The molecule has 0 saturated carbocycles. The molecule has 0 aromatic heterocycles. The molecular formula is C27H60N10O. The molecule has 2 amide bonds. The first-order valence-corrected chi connectivity index (χ1v) is 15.0. The summed E-state index contributed by atoms with van der Waals surface area (Å²) in [4.78, 5) is 25.9. The van der Waals surface area contributed by atoms with Gasteiger partial charge < -0.3 is 44.2 Å². The molecule has 0 radical (unpaired) electrons. The zero-order valence-corrected chi connectivity index (χ0v) is 24.1. The number of guanidine groups is 2. The van der Waals surface area contributed by atoms with E-state index in [-0.39, 0.29) is 18.0 Å². The number of amides is 2. The fourth-order valence-electron chi connectivity index (χ4n) is 4.36. The van der Waals surface area contributed by atoms with Gasteiger partial charge in [-0.1, -0.05) is 51.4 Å². The molecular weight excluding hydrogens is 480 g/mol. The van der Waals surface area contributed by atoms with Crippen LogP contribution in [0.1, 0.15) is 103 Å². The molecule has 0 spiro atoms. The summed E-state index contributed by atoms with van der Waals surface area (Å²) >= 11 is 0. The second-order valence-corrected chi connectivity index (χ2v) is 10.1.